The van der Waals surface area contributed by atoms with E-state index in [0.717, 1.165) is 46.8 Å². The number of benzene rings is 9. The highest BCUT2D eigenvalue weighted by atomic mass is 16.3. The van der Waals surface area contributed by atoms with Gasteiger partial charge in [-0.1, -0.05) is 172 Å². The minimum absolute atomic E-state index is 0.0554. The van der Waals surface area contributed by atoms with Crippen molar-refractivity contribution in [3.8, 4) is 55.6 Å². The van der Waals surface area contributed by atoms with Crippen LogP contribution in [0, 0.1) is 0 Å². The second-order valence-corrected chi connectivity index (χ2v) is 17.6. The Kier molecular flexibility index (Phi) is 8.69. The molecule has 0 spiro atoms. The van der Waals surface area contributed by atoms with E-state index in [1.807, 2.05) is 0 Å². The molecular formula is C61H45NO. The van der Waals surface area contributed by atoms with Gasteiger partial charge < -0.3 is 9.32 Å². The Bertz CT molecular complexity index is 3410. The lowest BCUT2D eigenvalue weighted by Crippen LogP contribution is -2.14. The van der Waals surface area contributed by atoms with E-state index in [4.69, 9.17) is 4.42 Å². The molecule has 63 heavy (non-hydrogen) atoms. The molecule has 0 saturated heterocycles. The van der Waals surface area contributed by atoms with Crippen LogP contribution in [0.25, 0.3) is 83.5 Å². The second kappa shape index (κ2) is 14.8. The van der Waals surface area contributed by atoms with Gasteiger partial charge in [-0.05, 0) is 133 Å². The highest BCUT2D eigenvalue weighted by molar-refractivity contribution is 5.98. The average Bonchev–Trinajstić information content (AvgIpc) is 3.83. The van der Waals surface area contributed by atoms with Gasteiger partial charge in [0.25, 0.3) is 0 Å². The first-order chi connectivity index (χ1) is 31.0. The van der Waals surface area contributed by atoms with Gasteiger partial charge in [0.15, 0.2) is 0 Å². The van der Waals surface area contributed by atoms with Gasteiger partial charge in [-0.25, -0.2) is 0 Å². The number of anilines is 3. The standard InChI is InChI=1S/C61H45NO/c1-61(2)56-22-8-5-19-52(56)53-35-29-44(39-57(53)61)41-27-33-48(34-28-41)62(47-31-25-40(26-32-47)43-30-36-60-55(38-43)54-20-7-10-24-59(54)63-60)58-23-9-6-18-51(58)46-16-11-15-45(37-46)50-21-12-14-42-13-3-4-17-49(42)50/h3-9,11-23,25-39H,10,24H2,1-2H3. The lowest BCUT2D eigenvalue weighted by Gasteiger charge is -2.28. The molecule has 2 aliphatic carbocycles. The third kappa shape index (κ3) is 6.24. The zero-order valence-corrected chi connectivity index (χ0v) is 35.5. The molecule has 2 heteroatoms. The predicted octanol–water partition coefficient (Wildman–Crippen LogP) is 17.0. The fraction of sp³-hybridized carbons (Fsp3) is 0.0820. The van der Waals surface area contributed by atoms with Crippen LogP contribution in [0.5, 0.6) is 0 Å². The van der Waals surface area contributed by atoms with E-state index < -0.39 is 0 Å². The van der Waals surface area contributed by atoms with Crippen molar-refractivity contribution in [2.75, 3.05) is 4.90 Å². The summed E-state index contributed by atoms with van der Waals surface area (Å²) in [6.45, 7) is 4.70. The molecule has 10 aromatic rings. The first-order valence-electron chi connectivity index (χ1n) is 22.1. The van der Waals surface area contributed by atoms with Crippen LogP contribution in [0.1, 0.15) is 42.7 Å². The zero-order chi connectivity index (χ0) is 42.1. The maximum absolute atomic E-state index is 6.25. The Balaban J connectivity index is 0.957. The monoisotopic (exact) mass is 807 g/mol. The lowest BCUT2D eigenvalue weighted by molar-refractivity contribution is 0.546. The molecule has 9 aromatic carbocycles. The molecule has 1 heterocycles. The van der Waals surface area contributed by atoms with Crippen molar-refractivity contribution in [2.45, 2.75) is 32.1 Å². The molecule has 0 unspecified atom stereocenters. The molecular weight excluding hydrogens is 763 g/mol. The van der Waals surface area contributed by atoms with Crippen LogP contribution in [0.4, 0.5) is 17.1 Å². The van der Waals surface area contributed by atoms with E-state index in [9.17, 15) is 0 Å². The summed E-state index contributed by atoms with van der Waals surface area (Å²) >= 11 is 0. The molecule has 0 atom stereocenters. The van der Waals surface area contributed by atoms with E-state index in [0.29, 0.717) is 0 Å². The van der Waals surface area contributed by atoms with Crippen LogP contribution in [0.3, 0.4) is 0 Å². The number of nitrogens with zero attached hydrogens (tertiary/aromatic N) is 1. The number of para-hydroxylation sites is 1. The van der Waals surface area contributed by atoms with Crippen LogP contribution in [0.15, 0.2) is 211 Å². The lowest BCUT2D eigenvalue weighted by atomic mass is 9.81. The zero-order valence-electron chi connectivity index (χ0n) is 35.5. The minimum atomic E-state index is -0.0554. The molecule has 2 aliphatic rings. The van der Waals surface area contributed by atoms with Gasteiger partial charge >= 0.3 is 0 Å². The van der Waals surface area contributed by atoms with Crippen LogP contribution in [-0.4, -0.2) is 0 Å². The number of hydrogen-bond acceptors (Lipinski definition) is 2. The van der Waals surface area contributed by atoms with Gasteiger partial charge in [0.2, 0.25) is 0 Å². The topological polar surface area (TPSA) is 16.4 Å². The Morgan fingerprint density at radius 2 is 1.05 bits per heavy atom. The third-order valence-corrected chi connectivity index (χ3v) is 13.5. The summed E-state index contributed by atoms with van der Waals surface area (Å²) in [5, 5.41) is 3.68. The van der Waals surface area contributed by atoms with Crippen molar-refractivity contribution in [1.82, 2.24) is 0 Å². The van der Waals surface area contributed by atoms with Crippen LogP contribution in [-0.2, 0) is 11.8 Å². The Hall–Kier alpha value is -7.68. The van der Waals surface area contributed by atoms with E-state index >= 15 is 0 Å². The van der Waals surface area contributed by atoms with Gasteiger partial charge in [0.05, 0.1) is 5.69 Å². The SMILES string of the molecule is CC1(C)c2ccccc2-c2ccc(-c3ccc(N(c4ccc(-c5ccc6oc7c(c6c5)C=CCC7)cc4)c4ccccc4-c4cccc(-c5cccc6ccccc56)c4)cc3)cc21. The molecule has 0 amide bonds. The highest BCUT2D eigenvalue weighted by Crippen LogP contribution is 2.50. The third-order valence-electron chi connectivity index (χ3n) is 13.5. The summed E-state index contributed by atoms with van der Waals surface area (Å²) in [5.74, 6) is 1.09. The maximum Gasteiger partial charge on any atom is 0.134 e. The first-order valence-corrected chi connectivity index (χ1v) is 22.1. The van der Waals surface area contributed by atoms with Crippen molar-refractivity contribution in [3.63, 3.8) is 0 Å². The summed E-state index contributed by atoms with van der Waals surface area (Å²) in [7, 11) is 0. The number of aryl methyl sites for hydroxylation is 1. The van der Waals surface area contributed by atoms with Crippen molar-refractivity contribution in [3.05, 3.63) is 229 Å². The highest BCUT2D eigenvalue weighted by Gasteiger charge is 2.35. The molecule has 12 rings (SSSR count). The summed E-state index contributed by atoms with van der Waals surface area (Å²) in [6, 6.07) is 73.7. The Morgan fingerprint density at radius 3 is 1.86 bits per heavy atom. The predicted molar refractivity (Wildman–Crippen MR) is 265 cm³/mol. The van der Waals surface area contributed by atoms with Crippen molar-refractivity contribution >= 4 is 44.9 Å². The molecule has 0 radical (unpaired) electrons. The van der Waals surface area contributed by atoms with Gasteiger partial charge in [-0.3, -0.25) is 0 Å². The Morgan fingerprint density at radius 1 is 0.444 bits per heavy atom. The first kappa shape index (κ1) is 37.1. The number of rotatable bonds is 7. The smallest absolute Gasteiger partial charge is 0.134 e. The maximum atomic E-state index is 6.25. The molecule has 1 aromatic heterocycles. The molecule has 0 aliphatic heterocycles. The summed E-state index contributed by atoms with van der Waals surface area (Å²) in [5.41, 5.74) is 20.4. The summed E-state index contributed by atoms with van der Waals surface area (Å²) < 4.78 is 6.25. The van der Waals surface area contributed by atoms with Gasteiger partial charge in [-0.2, -0.15) is 0 Å². The van der Waals surface area contributed by atoms with E-state index in [-0.39, 0.29) is 5.41 Å². The summed E-state index contributed by atoms with van der Waals surface area (Å²) in [6.07, 6.45) is 6.46. The average molecular weight is 808 g/mol. The van der Waals surface area contributed by atoms with E-state index in [1.165, 1.54) is 82.9 Å². The van der Waals surface area contributed by atoms with Crippen molar-refractivity contribution in [1.29, 1.82) is 0 Å². The van der Waals surface area contributed by atoms with Crippen molar-refractivity contribution < 1.29 is 4.42 Å². The molecule has 0 N–H and O–H groups in total. The minimum Gasteiger partial charge on any atom is -0.460 e. The summed E-state index contributed by atoms with van der Waals surface area (Å²) in [4.78, 5) is 2.41. The largest absolute Gasteiger partial charge is 0.460 e. The molecule has 0 fully saturated rings. The molecule has 0 bridgehead atoms. The molecule has 0 saturated carbocycles. The van der Waals surface area contributed by atoms with Crippen LogP contribution < -0.4 is 4.90 Å². The van der Waals surface area contributed by atoms with Crippen molar-refractivity contribution in [2.24, 2.45) is 0 Å². The second-order valence-electron chi connectivity index (χ2n) is 17.6. The number of hydrogen-bond donors (Lipinski definition) is 0. The van der Waals surface area contributed by atoms with Gasteiger partial charge in [0.1, 0.15) is 11.3 Å². The number of fused-ring (bicyclic) bond motifs is 7. The Labute approximate surface area is 369 Å². The van der Waals surface area contributed by atoms with E-state index in [2.05, 4.69) is 231 Å². The quantitative estimate of drug-likeness (QED) is 0.159. The fourth-order valence-electron chi connectivity index (χ4n) is 10.3. The van der Waals surface area contributed by atoms with Gasteiger partial charge in [-0.15, -0.1) is 0 Å². The van der Waals surface area contributed by atoms with Crippen LogP contribution in [0.2, 0.25) is 0 Å². The number of allylic oxidation sites excluding steroid dienone is 1. The number of furan rings is 1. The van der Waals surface area contributed by atoms with Crippen LogP contribution >= 0.6 is 0 Å². The molecule has 300 valence electrons. The van der Waals surface area contributed by atoms with E-state index in [1.54, 1.807) is 0 Å². The normalized spacial score (nSPS) is 13.5. The van der Waals surface area contributed by atoms with Gasteiger partial charge in [0, 0.05) is 39.7 Å². The molecule has 2 nitrogen and oxygen atoms in total. The fourth-order valence-corrected chi connectivity index (χ4v) is 10.3.